The lowest BCUT2D eigenvalue weighted by molar-refractivity contribution is 1.29. The third-order valence-electron chi connectivity index (χ3n) is 5.80. The molecule has 5 aromatic carbocycles. The summed E-state index contributed by atoms with van der Waals surface area (Å²) in [7, 11) is 0. The van der Waals surface area contributed by atoms with Gasteiger partial charge in [0.05, 0.1) is 0 Å². The van der Waals surface area contributed by atoms with Crippen molar-refractivity contribution in [1.82, 2.24) is 0 Å². The summed E-state index contributed by atoms with van der Waals surface area (Å²) in [6.45, 7) is 0. The molecule has 0 aliphatic rings. The summed E-state index contributed by atoms with van der Waals surface area (Å²) in [5.41, 5.74) is 5.53. The van der Waals surface area contributed by atoms with Gasteiger partial charge < -0.3 is 10.2 Å². The van der Waals surface area contributed by atoms with Gasteiger partial charge in [0.1, 0.15) is 0 Å². The van der Waals surface area contributed by atoms with E-state index in [0.29, 0.717) is 0 Å². The van der Waals surface area contributed by atoms with E-state index >= 15 is 0 Å². The highest BCUT2D eigenvalue weighted by Crippen LogP contribution is 2.40. The van der Waals surface area contributed by atoms with Crippen molar-refractivity contribution in [2.75, 3.05) is 10.2 Å². The van der Waals surface area contributed by atoms with Crippen molar-refractivity contribution in [1.29, 1.82) is 0 Å². The zero-order chi connectivity index (χ0) is 22.0. The number of benzene rings is 5. The second-order valence-corrected chi connectivity index (χ2v) is 9.07. The summed E-state index contributed by atoms with van der Waals surface area (Å²) < 4.78 is 2.62. The van der Waals surface area contributed by atoms with Crippen molar-refractivity contribution in [3.63, 3.8) is 0 Å². The van der Waals surface area contributed by atoms with Gasteiger partial charge in [-0.3, -0.25) is 0 Å². The molecular formula is C30H22N2S. The molecule has 0 fully saturated rings. The molecule has 0 atom stereocenters. The molecule has 0 unspecified atom stereocenters. The number of hydrogen-bond acceptors (Lipinski definition) is 3. The maximum Gasteiger partial charge on any atom is 0.0482 e. The van der Waals surface area contributed by atoms with E-state index in [1.807, 2.05) is 29.5 Å². The molecule has 0 radical (unpaired) electrons. The van der Waals surface area contributed by atoms with E-state index < -0.39 is 0 Å². The number of nitrogens with zero attached hydrogens (tertiary/aromatic N) is 1. The number of nitrogens with one attached hydrogen (secondary N) is 1. The SMILES string of the molecule is c1ccc(Nc2cccc(N(c3ccccc3)c3ccc4c(c3)sc3ccccc34)c2)cc1. The fourth-order valence-corrected chi connectivity index (χ4v) is 5.43. The Morgan fingerprint density at radius 1 is 0.455 bits per heavy atom. The lowest BCUT2D eigenvalue weighted by atomic mass is 10.1. The van der Waals surface area contributed by atoms with Gasteiger partial charge in [-0.05, 0) is 60.7 Å². The van der Waals surface area contributed by atoms with E-state index in [1.165, 1.54) is 20.2 Å². The molecule has 1 N–H and O–H groups in total. The van der Waals surface area contributed by atoms with E-state index in [1.54, 1.807) is 0 Å². The Morgan fingerprint density at radius 2 is 1.09 bits per heavy atom. The first-order valence-electron chi connectivity index (χ1n) is 11.0. The Bertz CT molecular complexity index is 1540. The molecule has 158 valence electrons. The molecule has 1 aromatic heterocycles. The van der Waals surface area contributed by atoms with Gasteiger partial charge in [0.2, 0.25) is 0 Å². The summed E-state index contributed by atoms with van der Waals surface area (Å²) >= 11 is 1.85. The van der Waals surface area contributed by atoms with Crippen LogP contribution in [-0.4, -0.2) is 0 Å². The van der Waals surface area contributed by atoms with Crippen LogP contribution in [0.1, 0.15) is 0 Å². The van der Waals surface area contributed by atoms with Gasteiger partial charge in [0.15, 0.2) is 0 Å². The third kappa shape index (κ3) is 3.84. The first kappa shape index (κ1) is 19.6. The van der Waals surface area contributed by atoms with Gasteiger partial charge >= 0.3 is 0 Å². The lowest BCUT2D eigenvalue weighted by Gasteiger charge is -2.26. The van der Waals surface area contributed by atoms with Gasteiger partial charge in [0, 0.05) is 48.6 Å². The van der Waals surface area contributed by atoms with E-state index in [9.17, 15) is 0 Å². The summed E-state index contributed by atoms with van der Waals surface area (Å²) in [6.07, 6.45) is 0. The highest BCUT2D eigenvalue weighted by molar-refractivity contribution is 7.25. The molecule has 6 rings (SSSR count). The Kier molecular flexibility index (Phi) is 5.02. The number of anilines is 5. The predicted octanol–water partition coefficient (Wildman–Crippen LogP) is 9.27. The topological polar surface area (TPSA) is 15.3 Å². The molecule has 6 aromatic rings. The van der Waals surface area contributed by atoms with Crippen LogP contribution in [0.25, 0.3) is 20.2 Å². The molecule has 3 heteroatoms. The zero-order valence-corrected chi connectivity index (χ0v) is 18.8. The van der Waals surface area contributed by atoms with Crippen molar-refractivity contribution >= 4 is 59.9 Å². The van der Waals surface area contributed by atoms with Gasteiger partial charge in [0.25, 0.3) is 0 Å². The Balaban J connectivity index is 1.46. The smallest absolute Gasteiger partial charge is 0.0482 e. The fraction of sp³-hybridized carbons (Fsp3) is 0. The molecule has 2 nitrogen and oxygen atoms in total. The summed E-state index contributed by atoms with van der Waals surface area (Å²) in [4.78, 5) is 2.32. The maximum atomic E-state index is 3.52. The molecular weight excluding hydrogens is 420 g/mol. The molecule has 0 bridgehead atoms. The molecule has 0 aliphatic heterocycles. The molecule has 0 saturated carbocycles. The van der Waals surface area contributed by atoms with E-state index in [0.717, 1.165) is 28.4 Å². The molecule has 0 aliphatic carbocycles. The number of hydrogen-bond donors (Lipinski definition) is 1. The van der Waals surface area contributed by atoms with Crippen LogP contribution in [0.4, 0.5) is 28.4 Å². The number of rotatable bonds is 5. The van der Waals surface area contributed by atoms with E-state index in [-0.39, 0.29) is 0 Å². The lowest BCUT2D eigenvalue weighted by Crippen LogP contribution is -2.10. The molecule has 33 heavy (non-hydrogen) atoms. The monoisotopic (exact) mass is 442 g/mol. The predicted molar refractivity (Wildman–Crippen MR) is 144 cm³/mol. The second kappa shape index (κ2) is 8.45. The summed E-state index contributed by atoms with van der Waals surface area (Å²) in [5, 5.41) is 6.16. The highest BCUT2D eigenvalue weighted by atomic mass is 32.1. The van der Waals surface area contributed by atoms with Crippen molar-refractivity contribution in [3.05, 3.63) is 127 Å². The van der Waals surface area contributed by atoms with Gasteiger partial charge in [-0.25, -0.2) is 0 Å². The standard InChI is InChI=1S/C30H22N2S/c1-3-10-22(11-4-1)31-23-12-9-15-25(20-23)32(24-13-5-2-6-14-24)26-18-19-28-27-16-7-8-17-29(27)33-30(28)21-26/h1-21,31H. The van der Waals surface area contributed by atoms with Crippen LogP contribution in [0.2, 0.25) is 0 Å². The minimum absolute atomic E-state index is 1.06. The minimum Gasteiger partial charge on any atom is -0.355 e. The van der Waals surface area contributed by atoms with E-state index in [4.69, 9.17) is 0 Å². The largest absolute Gasteiger partial charge is 0.355 e. The molecule has 1 heterocycles. The second-order valence-electron chi connectivity index (χ2n) is 7.99. The van der Waals surface area contributed by atoms with Crippen molar-refractivity contribution in [2.45, 2.75) is 0 Å². The molecule has 0 spiro atoms. The van der Waals surface area contributed by atoms with Crippen LogP contribution < -0.4 is 10.2 Å². The first-order valence-corrected chi connectivity index (χ1v) is 11.9. The average molecular weight is 443 g/mol. The fourth-order valence-electron chi connectivity index (χ4n) is 4.29. The van der Waals surface area contributed by atoms with Crippen LogP contribution in [0.15, 0.2) is 127 Å². The normalized spacial score (nSPS) is 11.0. The van der Waals surface area contributed by atoms with Gasteiger partial charge in [-0.1, -0.05) is 66.7 Å². The summed E-state index contributed by atoms with van der Waals surface area (Å²) in [6, 6.07) is 44.8. The minimum atomic E-state index is 1.06. The number of fused-ring (bicyclic) bond motifs is 3. The maximum absolute atomic E-state index is 3.52. The van der Waals surface area contributed by atoms with Crippen molar-refractivity contribution in [3.8, 4) is 0 Å². The number of para-hydroxylation sites is 2. The van der Waals surface area contributed by atoms with Gasteiger partial charge in [-0.2, -0.15) is 0 Å². The highest BCUT2D eigenvalue weighted by Gasteiger charge is 2.15. The first-order chi connectivity index (χ1) is 16.3. The average Bonchev–Trinajstić information content (AvgIpc) is 3.24. The van der Waals surface area contributed by atoms with Crippen LogP contribution in [0.5, 0.6) is 0 Å². The van der Waals surface area contributed by atoms with Crippen LogP contribution in [-0.2, 0) is 0 Å². The van der Waals surface area contributed by atoms with Crippen LogP contribution in [0.3, 0.4) is 0 Å². The van der Waals surface area contributed by atoms with Crippen LogP contribution >= 0.6 is 11.3 Å². The Morgan fingerprint density at radius 3 is 1.94 bits per heavy atom. The Hall–Kier alpha value is -4.08. The van der Waals surface area contributed by atoms with Gasteiger partial charge in [-0.15, -0.1) is 11.3 Å². The number of thiophene rings is 1. The van der Waals surface area contributed by atoms with Crippen molar-refractivity contribution < 1.29 is 0 Å². The molecule has 0 amide bonds. The quantitative estimate of drug-likeness (QED) is 0.286. The van der Waals surface area contributed by atoms with E-state index in [2.05, 4.69) is 119 Å². The molecule has 0 saturated heterocycles. The van der Waals surface area contributed by atoms with Crippen molar-refractivity contribution in [2.24, 2.45) is 0 Å². The summed E-state index contributed by atoms with van der Waals surface area (Å²) in [5.74, 6) is 0. The third-order valence-corrected chi connectivity index (χ3v) is 6.94. The zero-order valence-electron chi connectivity index (χ0n) is 18.0. The van der Waals surface area contributed by atoms with Crippen LogP contribution in [0, 0.1) is 0 Å². The Labute approximate surface area is 197 Å².